The molecule has 1 aliphatic heterocycles. The molecule has 0 aromatic heterocycles. The Morgan fingerprint density at radius 1 is 1.47 bits per heavy atom. The topological polar surface area (TPSA) is 145 Å². The maximum Gasteiger partial charge on any atom is 0.320 e. The Kier molecular flexibility index (Phi) is 6.11. The molecule has 0 aromatic rings. The van der Waals surface area contributed by atoms with Crippen molar-refractivity contribution in [3.8, 4) is 0 Å². The molecule has 0 aromatic carbocycles. The van der Waals surface area contributed by atoms with Crippen molar-refractivity contribution in [3.05, 3.63) is 0 Å². The van der Waals surface area contributed by atoms with Gasteiger partial charge in [-0.3, -0.25) is 4.79 Å². The van der Waals surface area contributed by atoms with Crippen molar-refractivity contribution in [1.82, 2.24) is 5.32 Å². The molecule has 1 heterocycles. The third-order valence-corrected chi connectivity index (χ3v) is 3.14. The van der Waals surface area contributed by atoms with Crippen molar-refractivity contribution in [2.75, 3.05) is 19.7 Å². The van der Waals surface area contributed by atoms with Crippen LogP contribution in [0.1, 0.15) is 19.3 Å². The first-order valence-corrected chi connectivity index (χ1v) is 6.28. The lowest BCUT2D eigenvalue weighted by Crippen LogP contribution is -2.50. The molecule has 0 bridgehead atoms. The second kappa shape index (κ2) is 7.13. The first-order chi connectivity index (χ1) is 8.87. The number of aliphatic hydroxyl groups excluding tert-OH is 2. The van der Waals surface area contributed by atoms with Crippen molar-refractivity contribution in [3.63, 3.8) is 0 Å². The molecule has 112 valence electrons. The Morgan fingerprint density at radius 3 is 2.68 bits per heavy atom. The molecule has 0 radical (unpaired) electrons. The average molecular weight is 278 g/mol. The third-order valence-electron chi connectivity index (χ3n) is 3.14. The quantitative estimate of drug-likeness (QED) is 0.269. The summed E-state index contributed by atoms with van der Waals surface area (Å²) in [6, 6.07) is -0.848. The van der Waals surface area contributed by atoms with Crippen molar-refractivity contribution >= 4 is 5.97 Å². The second-order valence-electron chi connectivity index (χ2n) is 4.79. The smallest absolute Gasteiger partial charge is 0.320 e. The Balaban J connectivity index is 2.10. The van der Waals surface area contributed by atoms with Crippen LogP contribution in [0.15, 0.2) is 0 Å². The Morgan fingerprint density at radius 2 is 2.16 bits per heavy atom. The average Bonchev–Trinajstić information content (AvgIpc) is 2.62. The van der Waals surface area contributed by atoms with Crippen LogP contribution in [0.3, 0.4) is 0 Å². The largest absolute Gasteiger partial charge is 0.480 e. The number of unbranched alkanes of at least 4 members (excludes halogenated alkanes) is 1. The van der Waals surface area contributed by atoms with E-state index in [0.717, 1.165) is 0 Å². The van der Waals surface area contributed by atoms with Gasteiger partial charge in [0.2, 0.25) is 5.79 Å². The van der Waals surface area contributed by atoms with Crippen LogP contribution in [0, 0.1) is 0 Å². The SMILES string of the molecule is N[C@@H](CCCCNCC1(O)OCC(O)C1O)C(=O)O. The monoisotopic (exact) mass is 278 g/mol. The van der Waals surface area contributed by atoms with E-state index in [9.17, 15) is 20.1 Å². The molecular weight excluding hydrogens is 256 g/mol. The molecule has 1 rings (SSSR count). The summed E-state index contributed by atoms with van der Waals surface area (Å²) in [5.41, 5.74) is 5.34. The van der Waals surface area contributed by atoms with Crippen LogP contribution in [0.5, 0.6) is 0 Å². The van der Waals surface area contributed by atoms with Gasteiger partial charge in [-0.1, -0.05) is 6.42 Å². The standard InChI is InChI=1S/C11H22N2O6/c12-7(10(16)17)3-1-2-4-13-6-11(18)9(15)8(14)5-19-11/h7-9,13-15,18H,1-6,12H2,(H,16,17)/t7-,8?,9?,11?/m0/s1. The number of nitrogens with one attached hydrogen (secondary N) is 1. The van der Waals surface area contributed by atoms with Crippen LogP contribution in [0.25, 0.3) is 0 Å². The van der Waals surface area contributed by atoms with Gasteiger partial charge in [-0.05, 0) is 19.4 Å². The summed E-state index contributed by atoms with van der Waals surface area (Å²) in [5, 5.41) is 40.1. The lowest BCUT2D eigenvalue weighted by atomic mass is 10.1. The molecule has 8 nitrogen and oxygen atoms in total. The highest BCUT2D eigenvalue weighted by Gasteiger charge is 2.47. The van der Waals surface area contributed by atoms with E-state index >= 15 is 0 Å². The summed E-state index contributed by atoms with van der Waals surface area (Å²) >= 11 is 0. The van der Waals surface area contributed by atoms with Gasteiger partial charge in [0.05, 0.1) is 13.2 Å². The van der Waals surface area contributed by atoms with Gasteiger partial charge >= 0.3 is 5.97 Å². The van der Waals surface area contributed by atoms with E-state index in [0.29, 0.717) is 25.8 Å². The van der Waals surface area contributed by atoms with Crippen molar-refractivity contribution in [2.24, 2.45) is 5.73 Å². The predicted octanol–water partition coefficient (Wildman–Crippen LogP) is -2.40. The third kappa shape index (κ3) is 4.68. The van der Waals surface area contributed by atoms with Gasteiger partial charge in [-0.15, -0.1) is 0 Å². The molecule has 8 heteroatoms. The van der Waals surface area contributed by atoms with Gasteiger partial charge in [0.15, 0.2) is 0 Å². The van der Waals surface area contributed by atoms with Crippen LogP contribution in [0.4, 0.5) is 0 Å². The summed E-state index contributed by atoms with van der Waals surface area (Å²) in [6.07, 6.45) is -0.694. The number of carbonyl (C=O) groups is 1. The first kappa shape index (κ1) is 16.3. The molecule has 4 atom stereocenters. The molecule has 0 spiro atoms. The minimum absolute atomic E-state index is 0.00376. The molecule has 7 N–H and O–H groups in total. The number of hydrogen-bond acceptors (Lipinski definition) is 7. The zero-order chi connectivity index (χ0) is 14.5. The predicted molar refractivity (Wildman–Crippen MR) is 65.2 cm³/mol. The van der Waals surface area contributed by atoms with Gasteiger partial charge in [0.1, 0.15) is 18.2 Å². The van der Waals surface area contributed by atoms with E-state index in [1.165, 1.54) is 0 Å². The molecule has 0 aliphatic carbocycles. The maximum absolute atomic E-state index is 10.5. The Labute approximate surface area is 111 Å². The lowest BCUT2D eigenvalue weighted by Gasteiger charge is -2.26. The fraction of sp³-hybridized carbons (Fsp3) is 0.909. The van der Waals surface area contributed by atoms with E-state index in [1.54, 1.807) is 0 Å². The van der Waals surface area contributed by atoms with Gasteiger partial charge < -0.3 is 36.2 Å². The number of nitrogens with two attached hydrogens (primary N) is 1. The van der Waals surface area contributed by atoms with Crippen molar-refractivity contribution < 1.29 is 30.0 Å². The van der Waals surface area contributed by atoms with Gasteiger partial charge in [-0.25, -0.2) is 0 Å². The summed E-state index contributed by atoms with van der Waals surface area (Å²) in [6.45, 7) is 0.420. The molecule has 0 saturated carbocycles. The summed E-state index contributed by atoms with van der Waals surface area (Å²) in [7, 11) is 0. The second-order valence-corrected chi connectivity index (χ2v) is 4.79. The summed E-state index contributed by atoms with van der Waals surface area (Å²) in [4.78, 5) is 10.5. The van der Waals surface area contributed by atoms with E-state index in [1.807, 2.05) is 0 Å². The molecule has 1 saturated heterocycles. The van der Waals surface area contributed by atoms with Crippen LogP contribution < -0.4 is 11.1 Å². The van der Waals surface area contributed by atoms with Gasteiger partial charge in [0.25, 0.3) is 0 Å². The fourth-order valence-electron chi connectivity index (χ4n) is 1.87. The molecule has 1 aliphatic rings. The maximum atomic E-state index is 10.5. The minimum atomic E-state index is -1.77. The number of aliphatic hydroxyl groups is 3. The zero-order valence-electron chi connectivity index (χ0n) is 10.7. The normalized spacial score (nSPS) is 32.4. The molecule has 19 heavy (non-hydrogen) atoms. The van der Waals surface area contributed by atoms with Crippen LogP contribution in [-0.2, 0) is 9.53 Å². The van der Waals surface area contributed by atoms with Gasteiger partial charge in [-0.2, -0.15) is 0 Å². The van der Waals surface area contributed by atoms with Gasteiger partial charge in [0, 0.05) is 0 Å². The highest BCUT2D eigenvalue weighted by atomic mass is 16.7. The Hall–Kier alpha value is -0.770. The van der Waals surface area contributed by atoms with Crippen LogP contribution in [-0.4, -0.2) is 70.1 Å². The first-order valence-electron chi connectivity index (χ1n) is 6.28. The van der Waals surface area contributed by atoms with E-state index in [2.05, 4.69) is 5.32 Å². The number of rotatable bonds is 8. The summed E-state index contributed by atoms with van der Waals surface area (Å²) in [5.74, 6) is -2.78. The highest BCUT2D eigenvalue weighted by Crippen LogP contribution is 2.23. The molecule has 3 unspecified atom stereocenters. The van der Waals surface area contributed by atoms with E-state index in [4.69, 9.17) is 15.6 Å². The lowest BCUT2D eigenvalue weighted by molar-refractivity contribution is -0.211. The molecule has 1 fully saturated rings. The Bertz CT molecular complexity index is 303. The minimum Gasteiger partial charge on any atom is -0.480 e. The van der Waals surface area contributed by atoms with Crippen LogP contribution >= 0.6 is 0 Å². The van der Waals surface area contributed by atoms with Crippen molar-refractivity contribution in [1.29, 1.82) is 0 Å². The number of ether oxygens (including phenoxy) is 1. The fourth-order valence-corrected chi connectivity index (χ4v) is 1.87. The van der Waals surface area contributed by atoms with Crippen molar-refractivity contribution in [2.45, 2.75) is 43.3 Å². The number of aliphatic carboxylic acids is 1. The van der Waals surface area contributed by atoms with E-state index in [-0.39, 0.29) is 13.2 Å². The number of hydrogen-bond donors (Lipinski definition) is 6. The van der Waals surface area contributed by atoms with E-state index < -0.39 is 30.0 Å². The van der Waals surface area contributed by atoms with Crippen LogP contribution in [0.2, 0.25) is 0 Å². The number of carboxylic acid groups (broad SMARTS) is 1. The highest BCUT2D eigenvalue weighted by molar-refractivity contribution is 5.72. The summed E-state index contributed by atoms with van der Waals surface area (Å²) < 4.78 is 4.94. The number of carboxylic acids is 1. The zero-order valence-corrected chi connectivity index (χ0v) is 10.7. The molecular formula is C11H22N2O6. The molecule has 0 amide bonds.